The molecule has 0 bridgehead atoms. The number of benzene rings is 2. The number of aromatic nitrogens is 1. The van der Waals surface area contributed by atoms with Gasteiger partial charge in [-0.25, -0.2) is 9.59 Å². The highest BCUT2D eigenvalue weighted by atomic mass is 35.5. The monoisotopic (exact) mass is 573 g/mol. The van der Waals surface area contributed by atoms with Crippen molar-refractivity contribution in [2.75, 3.05) is 38.2 Å². The molecule has 41 heavy (non-hydrogen) atoms. The first kappa shape index (κ1) is 28.4. The molecule has 3 heterocycles. The van der Waals surface area contributed by atoms with E-state index in [1.807, 2.05) is 61.3 Å². The number of halogens is 1. The Morgan fingerprint density at radius 1 is 1.15 bits per heavy atom. The number of hydrogen-bond donors (Lipinski definition) is 1. The van der Waals surface area contributed by atoms with Crippen LogP contribution in [0.25, 0.3) is 11.3 Å². The van der Waals surface area contributed by atoms with Gasteiger partial charge in [0.25, 0.3) is 0 Å². The molecule has 5 rings (SSSR count). The van der Waals surface area contributed by atoms with E-state index < -0.39 is 23.6 Å². The van der Waals surface area contributed by atoms with E-state index in [1.165, 1.54) is 0 Å². The van der Waals surface area contributed by atoms with Crippen LogP contribution >= 0.6 is 11.6 Å². The molecule has 1 atom stereocenters. The summed E-state index contributed by atoms with van der Waals surface area (Å²) in [7, 11) is 1.83. The number of nitriles is 1. The number of esters is 1. The summed E-state index contributed by atoms with van der Waals surface area (Å²) in [6.07, 6.45) is 2.66. The molecule has 1 N–H and O–H groups in total. The molecule has 2 aliphatic heterocycles. The second kappa shape index (κ2) is 12.2. The molecule has 0 radical (unpaired) electrons. The number of hydrogen-bond acceptors (Lipinski definition) is 8. The van der Waals surface area contributed by atoms with Gasteiger partial charge in [0.05, 0.1) is 29.1 Å². The normalized spacial score (nSPS) is 18.1. The Hall–Kier alpha value is -4.13. The van der Waals surface area contributed by atoms with Gasteiger partial charge in [-0.2, -0.15) is 5.26 Å². The first-order chi connectivity index (χ1) is 19.8. The summed E-state index contributed by atoms with van der Waals surface area (Å²) in [5.41, 5.74) is 2.87. The van der Waals surface area contributed by atoms with Gasteiger partial charge in [0, 0.05) is 36.4 Å². The molecule has 1 amide bonds. The fourth-order valence-electron chi connectivity index (χ4n) is 5.48. The van der Waals surface area contributed by atoms with Gasteiger partial charge in [-0.3, -0.25) is 9.88 Å². The van der Waals surface area contributed by atoms with Crippen LogP contribution < -0.4 is 15.0 Å². The van der Waals surface area contributed by atoms with Crippen LogP contribution in [0.5, 0.6) is 5.75 Å². The zero-order valence-corrected chi connectivity index (χ0v) is 23.9. The van der Waals surface area contributed by atoms with E-state index >= 15 is 0 Å². The number of para-hydroxylation sites is 1. The lowest BCUT2D eigenvalue weighted by Gasteiger charge is -2.43. The predicted molar refractivity (Wildman–Crippen MR) is 156 cm³/mol. The Kier molecular flexibility index (Phi) is 8.43. The lowest BCUT2D eigenvalue weighted by atomic mass is 9.81. The van der Waals surface area contributed by atoms with E-state index in [2.05, 4.69) is 16.3 Å². The smallest absolute Gasteiger partial charge is 0.415 e. The largest absolute Gasteiger partial charge is 0.493 e. The molecule has 212 valence electrons. The number of carbonyl (C=O) groups excluding carboxylic acids is 2. The Morgan fingerprint density at radius 3 is 2.56 bits per heavy atom. The summed E-state index contributed by atoms with van der Waals surface area (Å²) in [6.45, 7) is 4.36. The van der Waals surface area contributed by atoms with Crippen molar-refractivity contribution in [1.29, 1.82) is 5.26 Å². The minimum absolute atomic E-state index is 0.404. The van der Waals surface area contributed by atoms with Crippen LogP contribution in [0.1, 0.15) is 37.3 Å². The number of likely N-dealkylation sites (tertiary alicyclic amines) is 1. The average molecular weight is 574 g/mol. The number of alkyl carbamates (subject to hydrolysis) is 1. The fourth-order valence-corrected chi connectivity index (χ4v) is 5.65. The van der Waals surface area contributed by atoms with Crippen molar-refractivity contribution in [2.24, 2.45) is 0 Å². The minimum Gasteiger partial charge on any atom is -0.493 e. The molecule has 2 aromatic carbocycles. The Morgan fingerprint density at radius 2 is 1.93 bits per heavy atom. The number of amides is 1. The summed E-state index contributed by atoms with van der Waals surface area (Å²) in [5, 5.41) is 13.2. The van der Waals surface area contributed by atoms with Crippen molar-refractivity contribution in [3.05, 3.63) is 76.9 Å². The number of likely N-dealkylation sites (N-methyl/N-ethyl adjacent to an activating group) is 1. The maximum absolute atomic E-state index is 13.1. The lowest BCUT2D eigenvalue weighted by molar-refractivity contribution is -0.147. The quantitative estimate of drug-likeness (QED) is 0.306. The van der Waals surface area contributed by atoms with Crippen LogP contribution in [0.15, 0.2) is 60.8 Å². The Labute approximate surface area is 244 Å². The molecule has 0 spiro atoms. The summed E-state index contributed by atoms with van der Waals surface area (Å²) < 4.78 is 11.0. The second-order valence-electron chi connectivity index (χ2n) is 10.3. The number of carbonyl (C=O) groups is 2. The number of nitrogens with zero attached hydrogens (tertiary/aromatic N) is 4. The van der Waals surface area contributed by atoms with Crippen molar-refractivity contribution in [3.8, 4) is 23.1 Å². The third kappa shape index (κ3) is 5.99. The Bertz CT molecular complexity index is 1460. The van der Waals surface area contributed by atoms with E-state index in [9.17, 15) is 14.9 Å². The SMILES string of the molecule is CCOc1ccccc1-c1ccc(C2(NC(=O)OC(=O)C3CCN3C)CCN(c3ccc(Cl)cc3C#N)CC2)cn1. The van der Waals surface area contributed by atoms with Crippen LogP contribution in [0.3, 0.4) is 0 Å². The molecule has 0 saturated carbocycles. The van der Waals surface area contributed by atoms with Gasteiger partial charge in [0.1, 0.15) is 17.9 Å². The lowest BCUT2D eigenvalue weighted by Crippen LogP contribution is -2.55. The first-order valence-electron chi connectivity index (χ1n) is 13.7. The summed E-state index contributed by atoms with van der Waals surface area (Å²) in [5.74, 6) is 0.195. The van der Waals surface area contributed by atoms with Crippen molar-refractivity contribution in [3.63, 3.8) is 0 Å². The van der Waals surface area contributed by atoms with Crippen molar-refractivity contribution in [1.82, 2.24) is 15.2 Å². The summed E-state index contributed by atoms with van der Waals surface area (Å²) in [4.78, 5) is 34.3. The highest BCUT2D eigenvalue weighted by Gasteiger charge is 2.41. The van der Waals surface area contributed by atoms with E-state index in [4.69, 9.17) is 26.1 Å². The molecule has 0 aliphatic carbocycles. The molecule has 2 aliphatic rings. The maximum Gasteiger partial charge on any atom is 0.415 e. The number of ether oxygens (including phenoxy) is 2. The topological polar surface area (TPSA) is 108 Å². The van der Waals surface area contributed by atoms with E-state index in [1.54, 1.807) is 18.3 Å². The summed E-state index contributed by atoms with van der Waals surface area (Å²) in [6, 6.07) is 18.7. The van der Waals surface area contributed by atoms with Crippen molar-refractivity contribution < 1.29 is 19.1 Å². The number of rotatable bonds is 7. The maximum atomic E-state index is 13.1. The fraction of sp³-hybridized carbons (Fsp3) is 0.355. The van der Waals surface area contributed by atoms with Gasteiger partial charge in [-0.15, -0.1) is 0 Å². The first-order valence-corrected chi connectivity index (χ1v) is 14.1. The van der Waals surface area contributed by atoms with Crippen LogP contribution in [-0.2, 0) is 15.1 Å². The molecule has 2 saturated heterocycles. The molecule has 3 aromatic rings. The van der Waals surface area contributed by atoms with Crippen LogP contribution in [0.2, 0.25) is 5.02 Å². The van der Waals surface area contributed by atoms with Gasteiger partial charge in [-0.05, 0) is 75.2 Å². The van der Waals surface area contributed by atoms with E-state index in [0.29, 0.717) is 49.5 Å². The third-order valence-electron chi connectivity index (χ3n) is 7.91. The van der Waals surface area contributed by atoms with Crippen LogP contribution in [-0.4, -0.2) is 61.3 Å². The zero-order valence-electron chi connectivity index (χ0n) is 23.1. The average Bonchev–Trinajstić information content (AvgIpc) is 2.97. The van der Waals surface area contributed by atoms with Crippen LogP contribution in [0, 0.1) is 11.3 Å². The van der Waals surface area contributed by atoms with Gasteiger partial charge in [-0.1, -0.05) is 29.8 Å². The molecule has 1 unspecified atom stereocenters. The van der Waals surface area contributed by atoms with E-state index in [-0.39, 0.29) is 0 Å². The van der Waals surface area contributed by atoms with Gasteiger partial charge in [0.2, 0.25) is 0 Å². The van der Waals surface area contributed by atoms with Crippen LogP contribution in [0.4, 0.5) is 10.5 Å². The second-order valence-corrected chi connectivity index (χ2v) is 10.8. The van der Waals surface area contributed by atoms with Gasteiger partial charge < -0.3 is 19.7 Å². The number of pyridine rings is 1. The standard InChI is InChI=1S/C31H32ClN5O4/c1-3-40-28-7-5-4-6-24(28)25-10-8-22(20-34-25)31(35-30(39)41-29(38)27-12-15-36(27)2)13-16-37(17-14-31)26-11-9-23(32)18-21(26)19-33/h4-11,18,20,27H,3,12-17H2,1-2H3,(H,35,39). The van der Waals surface area contributed by atoms with Crippen molar-refractivity contribution >= 4 is 29.4 Å². The Balaban J connectivity index is 1.41. The molecule has 9 nitrogen and oxygen atoms in total. The molecular weight excluding hydrogens is 542 g/mol. The third-order valence-corrected chi connectivity index (χ3v) is 8.14. The minimum atomic E-state index is -0.830. The van der Waals surface area contributed by atoms with Crippen molar-refractivity contribution in [2.45, 2.75) is 37.8 Å². The molecule has 10 heteroatoms. The number of nitrogens with one attached hydrogen (secondary N) is 1. The number of piperidine rings is 1. The highest BCUT2D eigenvalue weighted by Crippen LogP contribution is 2.37. The van der Waals surface area contributed by atoms with E-state index in [0.717, 1.165) is 34.8 Å². The summed E-state index contributed by atoms with van der Waals surface area (Å²) >= 11 is 6.11. The predicted octanol–water partition coefficient (Wildman–Crippen LogP) is 5.12. The zero-order chi connectivity index (χ0) is 29.0. The van der Waals surface area contributed by atoms with Gasteiger partial charge >= 0.3 is 12.1 Å². The molecule has 2 fully saturated rings. The number of anilines is 1. The van der Waals surface area contributed by atoms with Gasteiger partial charge in [0.15, 0.2) is 0 Å². The molecular formula is C31H32ClN5O4. The molecule has 1 aromatic heterocycles. The highest BCUT2D eigenvalue weighted by molar-refractivity contribution is 6.30.